The third-order valence-corrected chi connectivity index (χ3v) is 5.84. The van der Waals surface area contributed by atoms with Crippen molar-refractivity contribution < 1.29 is 15.3 Å². The molecule has 0 amide bonds. The van der Waals surface area contributed by atoms with Crippen molar-refractivity contribution in [2.24, 2.45) is 0 Å². The monoisotopic (exact) mass is 377 g/mol. The van der Waals surface area contributed by atoms with Gasteiger partial charge < -0.3 is 15.3 Å². The lowest BCUT2D eigenvalue weighted by Gasteiger charge is -2.29. The van der Waals surface area contributed by atoms with Gasteiger partial charge in [0.1, 0.15) is 18.2 Å². The van der Waals surface area contributed by atoms with Crippen LogP contribution in [0.25, 0.3) is 0 Å². The van der Waals surface area contributed by atoms with Gasteiger partial charge in [-0.3, -0.25) is 9.80 Å². The Balaban J connectivity index is 1.85. The van der Waals surface area contributed by atoms with Gasteiger partial charge >= 0.3 is 0 Å². The Morgan fingerprint density at radius 3 is 1.63 bits per heavy atom. The van der Waals surface area contributed by atoms with Crippen molar-refractivity contribution in [3.8, 4) is 5.75 Å². The van der Waals surface area contributed by atoms with Gasteiger partial charge in [0.05, 0.1) is 0 Å². The van der Waals surface area contributed by atoms with Gasteiger partial charge in [0, 0.05) is 30.8 Å². The summed E-state index contributed by atoms with van der Waals surface area (Å²) in [7, 11) is 0. The van der Waals surface area contributed by atoms with Gasteiger partial charge in [-0.05, 0) is 83.4 Å². The summed E-state index contributed by atoms with van der Waals surface area (Å²) in [6.45, 7) is 9.64. The predicted octanol–water partition coefficient (Wildman–Crippen LogP) is 2.06. The lowest BCUT2D eigenvalue weighted by atomic mass is 10.0. The minimum atomic E-state index is -0.733. The summed E-state index contributed by atoms with van der Waals surface area (Å²) in [5.74, 6) is 0.415. The molecule has 3 N–H and O–H groups in total. The van der Waals surface area contributed by atoms with Crippen LogP contribution in [0.15, 0.2) is 12.1 Å². The first kappa shape index (κ1) is 20.6. The molecule has 152 valence electrons. The molecule has 6 heteroatoms. The minimum Gasteiger partial charge on any atom is -0.507 e. The zero-order valence-corrected chi connectivity index (χ0v) is 16.8. The molecule has 27 heavy (non-hydrogen) atoms. The molecule has 0 bridgehead atoms. The first-order valence-electron chi connectivity index (χ1n) is 10.3. The Kier molecular flexibility index (Phi) is 7.11. The second-order valence-corrected chi connectivity index (χ2v) is 8.17. The van der Waals surface area contributed by atoms with E-state index in [1.54, 1.807) is 18.7 Å². The topological polar surface area (TPSA) is 70.4 Å². The van der Waals surface area contributed by atoms with Gasteiger partial charge in [-0.15, -0.1) is 0 Å². The summed E-state index contributed by atoms with van der Waals surface area (Å²) < 4.78 is 0. The van der Waals surface area contributed by atoms with Crippen LogP contribution in [0, 0.1) is 0 Å². The zero-order valence-electron chi connectivity index (χ0n) is 16.8. The van der Waals surface area contributed by atoms with Crippen LogP contribution in [0.4, 0.5) is 0 Å². The second-order valence-electron chi connectivity index (χ2n) is 8.17. The normalized spacial score (nSPS) is 21.2. The van der Waals surface area contributed by atoms with E-state index >= 15 is 0 Å². The number of rotatable bonds is 8. The third-order valence-electron chi connectivity index (χ3n) is 5.84. The lowest BCUT2D eigenvalue weighted by Crippen LogP contribution is -2.39. The molecule has 0 spiro atoms. The highest BCUT2D eigenvalue weighted by Crippen LogP contribution is 2.30. The van der Waals surface area contributed by atoms with Crippen molar-refractivity contribution in [3.63, 3.8) is 0 Å². The SMILES string of the molecule is CC(O)N(Cc1cc(CN2CCCC2)c(O)c(CN2CCCC2)c1)C(C)O. The zero-order chi connectivity index (χ0) is 19.4. The van der Waals surface area contributed by atoms with Gasteiger partial charge in [0.25, 0.3) is 0 Å². The number of hydrogen-bond acceptors (Lipinski definition) is 6. The summed E-state index contributed by atoms with van der Waals surface area (Å²) in [6.07, 6.45) is 3.42. The maximum atomic E-state index is 10.9. The van der Waals surface area contributed by atoms with Gasteiger partial charge in [-0.1, -0.05) is 0 Å². The molecule has 2 atom stereocenters. The van der Waals surface area contributed by atoms with Crippen LogP contribution in [-0.2, 0) is 19.6 Å². The highest BCUT2D eigenvalue weighted by atomic mass is 16.3. The Bertz CT molecular complexity index is 562. The summed E-state index contributed by atoms with van der Waals surface area (Å²) in [5.41, 5.74) is 2.94. The second kappa shape index (κ2) is 9.34. The number of aromatic hydroxyl groups is 1. The molecule has 2 aliphatic heterocycles. The predicted molar refractivity (Wildman–Crippen MR) is 106 cm³/mol. The molecular weight excluding hydrogens is 342 g/mol. The van der Waals surface area contributed by atoms with E-state index in [9.17, 15) is 15.3 Å². The minimum absolute atomic E-state index is 0.415. The van der Waals surface area contributed by atoms with Crippen LogP contribution in [0.1, 0.15) is 56.2 Å². The highest BCUT2D eigenvalue weighted by molar-refractivity contribution is 5.44. The van der Waals surface area contributed by atoms with Crippen molar-refractivity contribution in [2.45, 2.75) is 71.6 Å². The molecule has 0 aliphatic carbocycles. The van der Waals surface area contributed by atoms with E-state index in [1.165, 1.54) is 25.7 Å². The standard InChI is InChI=1S/C21H35N3O3/c1-16(25)24(17(2)26)13-18-11-19(14-22-7-3-4-8-22)21(27)20(12-18)15-23-9-5-6-10-23/h11-12,16-17,25-27H,3-10,13-15H2,1-2H3. The molecule has 0 radical (unpaired) electrons. The molecule has 1 aromatic rings. The third kappa shape index (κ3) is 5.42. The van der Waals surface area contributed by atoms with Crippen LogP contribution in [-0.4, -0.2) is 68.7 Å². The van der Waals surface area contributed by atoms with Crippen LogP contribution >= 0.6 is 0 Å². The first-order chi connectivity index (χ1) is 12.9. The Morgan fingerprint density at radius 1 is 0.852 bits per heavy atom. The van der Waals surface area contributed by atoms with E-state index in [0.717, 1.165) is 56.0 Å². The van der Waals surface area contributed by atoms with E-state index in [2.05, 4.69) is 9.80 Å². The van der Waals surface area contributed by atoms with Crippen LogP contribution in [0.5, 0.6) is 5.75 Å². The molecule has 2 unspecified atom stereocenters. The van der Waals surface area contributed by atoms with Gasteiger partial charge in [-0.2, -0.15) is 0 Å². The Morgan fingerprint density at radius 2 is 1.26 bits per heavy atom. The number of nitrogens with zero attached hydrogens (tertiary/aromatic N) is 3. The number of aliphatic hydroxyl groups excluding tert-OH is 2. The van der Waals surface area contributed by atoms with Crippen LogP contribution < -0.4 is 0 Å². The van der Waals surface area contributed by atoms with Crippen LogP contribution in [0.2, 0.25) is 0 Å². The molecule has 2 saturated heterocycles. The number of aliphatic hydroxyl groups is 2. The van der Waals surface area contributed by atoms with Crippen molar-refractivity contribution in [1.29, 1.82) is 0 Å². The maximum Gasteiger partial charge on any atom is 0.124 e. The maximum absolute atomic E-state index is 10.9. The fourth-order valence-electron chi connectivity index (χ4n) is 4.32. The molecule has 2 fully saturated rings. The van der Waals surface area contributed by atoms with Crippen molar-refractivity contribution in [3.05, 3.63) is 28.8 Å². The highest BCUT2D eigenvalue weighted by Gasteiger charge is 2.22. The molecule has 3 rings (SSSR count). The molecule has 0 saturated carbocycles. The Labute approximate surface area is 163 Å². The fraction of sp³-hybridized carbons (Fsp3) is 0.714. The quantitative estimate of drug-likeness (QED) is 0.603. The summed E-state index contributed by atoms with van der Waals surface area (Å²) in [5, 5.41) is 30.9. The van der Waals surface area contributed by atoms with Gasteiger partial charge in [0.2, 0.25) is 0 Å². The van der Waals surface area contributed by atoms with E-state index in [1.807, 2.05) is 12.1 Å². The molecule has 6 nitrogen and oxygen atoms in total. The van der Waals surface area contributed by atoms with Crippen LogP contribution in [0.3, 0.4) is 0 Å². The average molecular weight is 378 g/mol. The summed E-state index contributed by atoms with van der Waals surface area (Å²) in [4.78, 5) is 6.42. The van der Waals surface area contributed by atoms with Gasteiger partial charge in [-0.25, -0.2) is 4.90 Å². The largest absolute Gasteiger partial charge is 0.507 e. The smallest absolute Gasteiger partial charge is 0.124 e. The van der Waals surface area contributed by atoms with E-state index < -0.39 is 12.5 Å². The van der Waals surface area contributed by atoms with E-state index in [4.69, 9.17) is 0 Å². The number of phenols is 1. The molecule has 0 aromatic heterocycles. The van der Waals surface area contributed by atoms with Crippen molar-refractivity contribution in [2.75, 3.05) is 26.2 Å². The number of likely N-dealkylation sites (tertiary alicyclic amines) is 2. The van der Waals surface area contributed by atoms with Gasteiger partial charge in [0.15, 0.2) is 0 Å². The molecule has 2 aliphatic rings. The summed E-state index contributed by atoms with van der Waals surface area (Å²) >= 11 is 0. The molecular formula is C21H35N3O3. The number of phenolic OH excluding ortho intramolecular Hbond substituents is 1. The van der Waals surface area contributed by atoms with Crippen molar-refractivity contribution in [1.82, 2.24) is 14.7 Å². The number of hydrogen-bond donors (Lipinski definition) is 3. The van der Waals surface area contributed by atoms with Crippen molar-refractivity contribution >= 4 is 0 Å². The average Bonchev–Trinajstić information content (AvgIpc) is 3.30. The Hall–Kier alpha value is -1.18. The summed E-state index contributed by atoms with van der Waals surface area (Å²) in [6, 6.07) is 4.08. The fourth-order valence-corrected chi connectivity index (χ4v) is 4.32. The molecule has 2 heterocycles. The lowest BCUT2D eigenvalue weighted by molar-refractivity contribution is -0.0897. The molecule has 1 aromatic carbocycles. The number of benzene rings is 1. The first-order valence-corrected chi connectivity index (χ1v) is 10.3. The van der Waals surface area contributed by atoms with E-state index in [-0.39, 0.29) is 0 Å². The van der Waals surface area contributed by atoms with E-state index in [0.29, 0.717) is 12.3 Å².